The van der Waals surface area contributed by atoms with Crippen LogP contribution in [0.3, 0.4) is 0 Å². The lowest BCUT2D eigenvalue weighted by Crippen LogP contribution is -2.26. The summed E-state index contributed by atoms with van der Waals surface area (Å²) >= 11 is 0. The third-order valence-electron chi connectivity index (χ3n) is 5.04. The molecule has 3 rings (SSSR count). The van der Waals surface area contributed by atoms with Crippen LogP contribution in [0, 0.1) is 5.92 Å². The van der Waals surface area contributed by atoms with E-state index < -0.39 is 18.1 Å². The zero-order valence-corrected chi connectivity index (χ0v) is 15.9. The van der Waals surface area contributed by atoms with Crippen molar-refractivity contribution in [1.29, 1.82) is 0 Å². The molecule has 1 aliphatic carbocycles. The summed E-state index contributed by atoms with van der Waals surface area (Å²) in [5.74, 6) is -2.08. The van der Waals surface area contributed by atoms with Crippen LogP contribution in [-0.2, 0) is 9.53 Å². The van der Waals surface area contributed by atoms with Gasteiger partial charge in [-0.1, -0.05) is 24.3 Å². The number of ether oxygens (including phenoxy) is 1. The molecule has 1 N–H and O–H groups in total. The molecule has 0 radical (unpaired) electrons. The molecule has 0 saturated carbocycles. The monoisotopic (exact) mass is 406 g/mol. The number of carbonyl (C=O) groups is 2. The number of nitrogens with zero attached hydrogens (tertiary/aromatic N) is 1. The fourth-order valence-corrected chi connectivity index (χ4v) is 3.40. The van der Waals surface area contributed by atoms with Crippen LogP contribution in [0.25, 0.3) is 16.5 Å². The molecular weight excluding hydrogens is 385 g/mol. The predicted octanol–water partition coefficient (Wildman–Crippen LogP) is 4.27. The van der Waals surface area contributed by atoms with Crippen molar-refractivity contribution < 1.29 is 27.5 Å². The first-order valence-corrected chi connectivity index (χ1v) is 9.29. The van der Waals surface area contributed by atoms with Gasteiger partial charge in [-0.15, -0.1) is 0 Å². The Balaban J connectivity index is 1.78. The number of methoxy groups -OCH3 is 1. The van der Waals surface area contributed by atoms with Crippen LogP contribution >= 0.6 is 0 Å². The highest BCUT2D eigenvalue weighted by Gasteiger charge is 2.39. The largest absolute Gasteiger partial charge is 0.469 e. The van der Waals surface area contributed by atoms with Crippen LogP contribution < -0.4 is 5.32 Å². The lowest BCUT2D eigenvalue weighted by atomic mass is 9.85. The number of esters is 1. The van der Waals surface area contributed by atoms with Crippen LogP contribution in [0.2, 0.25) is 0 Å². The van der Waals surface area contributed by atoms with Crippen molar-refractivity contribution in [2.24, 2.45) is 5.92 Å². The number of hydrogen-bond acceptors (Lipinski definition) is 4. The quantitative estimate of drug-likeness (QED) is 0.753. The van der Waals surface area contributed by atoms with Crippen molar-refractivity contribution in [3.63, 3.8) is 0 Å². The lowest BCUT2D eigenvalue weighted by molar-refractivity contribution is -0.175. The molecule has 1 aromatic heterocycles. The molecule has 1 amide bonds. The first kappa shape index (κ1) is 20.8. The second-order valence-electron chi connectivity index (χ2n) is 6.93. The number of halogens is 3. The van der Waals surface area contributed by atoms with E-state index in [0.29, 0.717) is 17.5 Å². The van der Waals surface area contributed by atoms with Crippen LogP contribution in [0.4, 0.5) is 13.2 Å². The maximum Gasteiger partial charge on any atom is 0.392 e. The van der Waals surface area contributed by atoms with Gasteiger partial charge in [0, 0.05) is 23.7 Å². The van der Waals surface area contributed by atoms with Crippen molar-refractivity contribution in [1.82, 2.24) is 10.3 Å². The van der Waals surface area contributed by atoms with E-state index in [-0.39, 0.29) is 31.7 Å². The summed E-state index contributed by atoms with van der Waals surface area (Å²) in [5, 5.41) is 3.35. The summed E-state index contributed by atoms with van der Waals surface area (Å²) in [6.07, 6.45) is -0.661. The molecule has 0 bridgehead atoms. The van der Waals surface area contributed by atoms with Gasteiger partial charge in [0.2, 0.25) is 0 Å². The maximum absolute atomic E-state index is 12.9. The standard InChI is InChI=1S/C21H21F3N2O3/c1-29-18(27)9-10-25-20(28)15-11-14-3-2-4-17(19(14)26-12-15)13-5-7-16(8-6-13)21(22,23)24/h2-5,11-12,16H,6-10H2,1H3,(H,25,28)/t16-/m1/s1. The van der Waals surface area contributed by atoms with E-state index >= 15 is 0 Å². The number of carbonyl (C=O) groups excluding carboxylic acids is 2. The highest BCUT2D eigenvalue weighted by Crippen LogP contribution is 2.40. The number of nitrogens with one attached hydrogen (secondary N) is 1. The number of allylic oxidation sites excluding steroid dienone is 2. The molecule has 1 atom stereocenters. The van der Waals surface area contributed by atoms with Gasteiger partial charge in [-0.25, -0.2) is 0 Å². The van der Waals surface area contributed by atoms with Crippen LogP contribution in [-0.4, -0.2) is 36.7 Å². The minimum atomic E-state index is -4.17. The molecule has 0 fully saturated rings. The Morgan fingerprint density at radius 2 is 2.10 bits per heavy atom. The lowest BCUT2D eigenvalue weighted by Gasteiger charge is -2.24. The van der Waals surface area contributed by atoms with E-state index in [2.05, 4.69) is 15.0 Å². The summed E-state index contributed by atoms with van der Waals surface area (Å²) < 4.78 is 43.2. The Labute approximate surface area is 165 Å². The smallest absolute Gasteiger partial charge is 0.392 e. The fraction of sp³-hybridized carbons (Fsp3) is 0.381. The van der Waals surface area contributed by atoms with Crippen molar-refractivity contribution in [3.8, 4) is 0 Å². The molecular formula is C21H21F3N2O3. The van der Waals surface area contributed by atoms with Gasteiger partial charge in [-0.2, -0.15) is 13.2 Å². The van der Waals surface area contributed by atoms with Crippen LogP contribution in [0.5, 0.6) is 0 Å². The molecule has 0 unspecified atom stereocenters. The topological polar surface area (TPSA) is 68.3 Å². The van der Waals surface area contributed by atoms with E-state index in [0.717, 1.165) is 16.5 Å². The summed E-state index contributed by atoms with van der Waals surface area (Å²) in [6, 6.07) is 7.13. The Morgan fingerprint density at radius 3 is 2.76 bits per heavy atom. The molecule has 1 heterocycles. The average Bonchev–Trinajstić information content (AvgIpc) is 2.72. The molecule has 0 spiro atoms. The SMILES string of the molecule is COC(=O)CCNC(=O)c1cnc2c(C3=CC[C@@H](C(F)(F)F)CC3)cccc2c1. The van der Waals surface area contributed by atoms with Gasteiger partial charge in [0.05, 0.1) is 30.5 Å². The first-order valence-electron chi connectivity index (χ1n) is 9.29. The Morgan fingerprint density at radius 1 is 1.31 bits per heavy atom. The van der Waals surface area contributed by atoms with E-state index in [1.807, 2.05) is 6.07 Å². The van der Waals surface area contributed by atoms with Gasteiger partial charge < -0.3 is 10.1 Å². The molecule has 8 heteroatoms. The van der Waals surface area contributed by atoms with Crippen LogP contribution in [0.15, 0.2) is 36.5 Å². The summed E-state index contributed by atoms with van der Waals surface area (Å²) in [4.78, 5) is 27.8. The van der Waals surface area contributed by atoms with Crippen molar-refractivity contribution in [2.45, 2.75) is 31.9 Å². The number of fused-ring (bicyclic) bond motifs is 1. The number of aromatic nitrogens is 1. The van der Waals surface area contributed by atoms with Crippen molar-refractivity contribution in [2.75, 3.05) is 13.7 Å². The summed E-state index contributed by atoms with van der Waals surface area (Å²) in [6.45, 7) is 0.150. The fourth-order valence-electron chi connectivity index (χ4n) is 3.40. The predicted molar refractivity (Wildman–Crippen MR) is 102 cm³/mol. The number of pyridine rings is 1. The summed E-state index contributed by atoms with van der Waals surface area (Å²) in [7, 11) is 1.28. The molecule has 154 valence electrons. The molecule has 1 aromatic carbocycles. The zero-order valence-electron chi connectivity index (χ0n) is 15.9. The first-order chi connectivity index (χ1) is 13.8. The maximum atomic E-state index is 12.9. The number of benzene rings is 1. The number of para-hydroxylation sites is 1. The molecule has 0 saturated heterocycles. The molecule has 2 aromatic rings. The normalized spacial score (nSPS) is 17.0. The third-order valence-corrected chi connectivity index (χ3v) is 5.04. The molecule has 1 aliphatic rings. The van der Waals surface area contributed by atoms with Gasteiger partial charge >= 0.3 is 12.1 Å². The summed E-state index contributed by atoms with van der Waals surface area (Å²) in [5.41, 5.74) is 2.63. The number of rotatable bonds is 5. The minimum Gasteiger partial charge on any atom is -0.469 e. The average molecular weight is 406 g/mol. The third kappa shape index (κ3) is 4.93. The number of alkyl halides is 3. The van der Waals surface area contributed by atoms with Gasteiger partial charge in [0.1, 0.15) is 0 Å². The van der Waals surface area contributed by atoms with Crippen molar-refractivity contribution >= 4 is 28.4 Å². The Kier molecular flexibility index (Phi) is 6.20. The second kappa shape index (κ2) is 8.63. The molecule has 0 aliphatic heterocycles. The van der Waals surface area contributed by atoms with E-state index in [1.54, 1.807) is 24.3 Å². The van der Waals surface area contributed by atoms with E-state index in [9.17, 15) is 22.8 Å². The Hall–Kier alpha value is -2.90. The number of hydrogen-bond donors (Lipinski definition) is 1. The van der Waals surface area contributed by atoms with Crippen molar-refractivity contribution in [3.05, 3.63) is 47.7 Å². The minimum absolute atomic E-state index is 0.0318. The molecule has 5 nitrogen and oxygen atoms in total. The molecule has 29 heavy (non-hydrogen) atoms. The van der Waals surface area contributed by atoms with E-state index in [4.69, 9.17) is 0 Å². The van der Waals surface area contributed by atoms with Gasteiger partial charge in [-0.3, -0.25) is 14.6 Å². The van der Waals surface area contributed by atoms with E-state index in [1.165, 1.54) is 13.3 Å². The van der Waals surface area contributed by atoms with Crippen LogP contribution in [0.1, 0.15) is 41.6 Å². The van der Waals surface area contributed by atoms with Gasteiger partial charge in [-0.05, 0) is 30.9 Å². The Bertz CT molecular complexity index is 954. The second-order valence-corrected chi connectivity index (χ2v) is 6.93. The zero-order chi connectivity index (χ0) is 21.0. The highest BCUT2D eigenvalue weighted by atomic mass is 19.4. The highest BCUT2D eigenvalue weighted by molar-refractivity contribution is 5.99. The number of amides is 1. The van der Waals surface area contributed by atoms with Gasteiger partial charge in [0.15, 0.2) is 0 Å². The van der Waals surface area contributed by atoms with Gasteiger partial charge in [0.25, 0.3) is 5.91 Å².